The smallest absolute Gasteiger partial charge is 0.246 e. The van der Waals surface area contributed by atoms with Crippen molar-refractivity contribution in [1.29, 1.82) is 0 Å². The molecule has 0 saturated carbocycles. The maximum absolute atomic E-state index is 14.2. The number of nitrogens with one attached hydrogen (secondary N) is 2. The molecule has 1 aliphatic rings. The van der Waals surface area contributed by atoms with Gasteiger partial charge in [-0.05, 0) is 24.5 Å². The third kappa shape index (κ3) is 4.55. The topological polar surface area (TPSA) is 111 Å². The number of hydrogen-bond acceptors (Lipinski definition) is 5. The Kier molecular flexibility index (Phi) is 6.19. The lowest BCUT2D eigenvalue weighted by molar-refractivity contribution is -0.127. The standard InChI is InChI=1S/C14H19FN2O5S/c15-12-7-11(2-1-10(12)8-16-23(20)21)14(17-13(19)9-18)3-5-22-6-4-14/h1-2,7,16,18H,3-6,8-9H2,(H,17,19)(H,20,21)/p-1. The van der Waals surface area contributed by atoms with Crippen molar-refractivity contribution in [3.8, 4) is 0 Å². The summed E-state index contributed by atoms with van der Waals surface area (Å²) >= 11 is -2.47. The van der Waals surface area contributed by atoms with Crippen LogP contribution in [0.25, 0.3) is 0 Å². The molecule has 0 aliphatic carbocycles. The zero-order valence-electron chi connectivity index (χ0n) is 12.3. The lowest BCUT2D eigenvalue weighted by atomic mass is 9.82. The molecule has 3 N–H and O–H groups in total. The van der Waals surface area contributed by atoms with E-state index in [0.717, 1.165) is 0 Å². The molecule has 0 aromatic heterocycles. The molecule has 0 radical (unpaired) electrons. The number of carbonyl (C=O) groups excluding carboxylic acids is 1. The molecule has 1 aromatic rings. The van der Waals surface area contributed by atoms with Crippen LogP contribution in [-0.2, 0) is 32.9 Å². The summed E-state index contributed by atoms with van der Waals surface area (Å²) in [6.07, 6.45) is 0.917. The van der Waals surface area contributed by atoms with E-state index in [2.05, 4.69) is 10.0 Å². The summed E-state index contributed by atoms with van der Waals surface area (Å²) in [5.74, 6) is -1.11. The summed E-state index contributed by atoms with van der Waals surface area (Å²) in [7, 11) is 0. The molecule has 1 unspecified atom stereocenters. The van der Waals surface area contributed by atoms with Crippen LogP contribution >= 0.6 is 0 Å². The van der Waals surface area contributed by atoms with Crippen LogP contribution in [0.4, 0.5) is 4.39 Å². The largest absolute Gasteiger partial charge is 0.760 e. The number of ether oxygens (including phenoxy) is 1. The lowest BCUT2D eigenvalue weighted by Gasteiger charge is -2.38. The van der Waals surface area contributed by atoms with Gasteiger partial charge in [-0.3, -0.25) is 9.00 Å². The van der Waals surface area contributed by atoms with Crippen LogP contribution in [0, 0.1) is 5.82 Å². The number of carbonyl (C=O) groups is 1. The van der Waals surface area contributed by atoms with Gasteiger partial charge in [0.25, 0.3) is 0 Å². The van der Waals surface area contributed by atoms with E-state index in [-0.39, 0.29) is 12.1 Å². The van der Waals surface area contributed by atoms with Crippen LogP contribution in [0.3, 0.4) is 0 Å². The van der Waals surface area contributed by atoms with Crippen molar-refractivity contribution in [3.63, 3.8) is 0 Å². The fraction of sp³-hybridized carbons (Fsp3) is 0.500. The van der Waals surface area contributed by atoms with E-state index >= 15 is 0 Å². The van der Waals surface area contributed by atoms with Gasteiger partial charge in [0.2, 0.25) is 5.91 Å². The number of aliphatic hydroxyl groups excluding tert-OH is 1. The summed E-state index contributed by atoms with van der Waals surface area (Å²) in [6.45, 7) is 0.0152. The van der Waals surface area contributed by atoms with Gasteiger partial charge in [0.1, 0.15) is 12.4 Å². The second-order valence-electron chi connectivity index (χ2n) is 5.26. The van der Waals surface area contributed by atoms with E-state index in [9.17, 15) is 17.9 Å². The molecule has 9 heteroatoms. The van der Waals surface area contributed by atoms with Gasteiger partial charge in [-0.2, -0.15) is 0 Å². The number of hydrogen-bond donors (Lipinski definition) is 3. The number of amides is 1. The first-order valence-electron chi connectivity index (χ1n) is 7.08. The van der Waals surface area contributed by atoms with Crippen molar-refractivity contribution in [2.45, 2.75) is 24.9 Å². The molecule has 128 valence electrons. The van der Waals surface area contributed by atoms with Gasteiger partial charge < -0.3 is 19.7 Å². The van der Waals surface area contributed by atoms with Gasteiger partial charge in [0.05, 0.1) is 5.54 Å². The van der Waals surface area contributed by atoms with Crippen LogP contribution in [0.15, 0.2) is 18.2 Å². The van der Waals surface area contributed by atoms with Crippen molar-refractivity contribution in [2.24, 2.45) is 0 Å². The third-order valence-corrected chi connectivity index (χ3v) is 4.23. The highest BCUT2D eigenvalue weighted by Gasteiger charge is 2.36. The highest BCUT2D eigenvalue weighted by atomic mass is 32.2. The lowest BCUT2D eigenvalue weighted by Crippen LogP contribution is -2.50. The minimum absolute atomic E-state index is 0.151. The summed E-state index contributed by atoms with van der Waals surface area (Å²) in [4.78, 5) is 11.6. The first-order chi connectivity index (χ1) is 11.0. The van der Waals surface area contributed by atoms with Crippen molar-refractivity contribution in [2.75, 3.05) is 19.8 Å². The fourth-order valence-electron chi connectivity index (χ4n) is 2.64. The van der Waals surface area contributed by atoms with Gasteiger partial charge in [0.15, 0.2) is 0 Å². The minimum atomic E-state index is -2.47. The van der Waals surface area contributed by atoms with Crippen molar-refractivity contribution >= 4 is 17.2 Å². The number of rotatable bonds is 6. The predicted octanol–water partition coefficient (Wildman–Crippen LogP) is -0.176. The number of benzene rings is 1. The molecule has 1 saturated heterocycles. The van der Waals surface area contributed by atoms with Crippen molar-refractivity contribution < 1.29 is 27.8 Å². The van der Waals surface area contributed by atoms with E-state index in [0.29, 0.717) is 31.6 Å². The van der Waals surface area contributed by atoms with Gasteiger partial charge in [-0.25, -0.2) is 9.11 Å². The molecular weight excluding hydrogens is 327 g/mol. The first-order valence-corrected chi connectivity index (χ1v) is 8.15. The Morgan fingerprint density at radius 3 is 2.70 bits per heavy atom. The monoisotopic (exact) mass is 345 g/mol. The zero-order valence-corrected chi connectivity index (χ0v) is 13.2. The Hall–Kier alpha value is -1.39. The van der Waals surface area contributed by atoms with Crippen molar-refractivity contribution in [3.05, 3.63) is 35.1 Å². The van der Waals surface area contributed by atoms with Crippen LogP contribution in [0.1, 0.15) is 24.0 Å². The SMILES string of the molecule is O=C(CO)NC1(c2ccc(CNS(=O)[O-])c(F)c2)CCOCC1. The summed E-state index contributed by atoms with van der Waals surface area (Å²) in [6, 6.07) is 4.41. The maximum atomic E-state index is 14.2. The molecule has 2 rings (SSSR count). The van der Waals surface area contributed by atoms with Gasteiger partial charge in [0, 0.05) is 36.6 Å². The molecule has 1 atom stereocenters. The highest BCUT2D eigenvalue weighted by Crippen LogP contribution is 2.33. The molecule has 1 aliphatic heterocycles. The van der Waals surface area contributed by atoms with Crippen LogP contribution in [0.5, 0.6) is 0 Å². The molecule has 1 heterocycles. The van der Waals surface area contributed by atoms with Crippen LogP contribution in [0.2, 0.25) is 0 Å². The first kappa shape index (κ1) is 18.0. The molecule has 7 nitrogen and oxygen atoms in total. The molecule has 0 spiro atoms. The molecule has 1 amide bonds. The predicted molar refractivity (Wildman–Crippen MR) is 79.1 cm³/mol. The molecule has 1 fully saturated rings. The van der Waals surface area contributed by atoms with Gasteiger partial charge in [-0.1, -0.05) is 12.1 Å². The van der Waals surface area contributed by atoms with E-state index in [1.165, 1.54) is 12.1 Å². The van der Waals surface area contributed by atoms with Crippen LogP contribution in [-0.4, -0.2) is 39.6 Å². The second kappa shape index (κ2) is 7.93. The maximum Gasteiger partial charge on any atom is 0.246 e. The third-order valence-electron chi connectivity index (χ3n) is 3.85. The average molecular weight is 345 g/mol. The molecule has 1 aromatic carbocycles. The minimum Gasteiger partial charge on any atom is -0.760 e. The Labute approximate surface area is 135 Å². The Bertz CT molecular complexity index is 593. The van der Waals surface area contributed by atoms with E-state index in [1.807, 2.05) is 0 Å². The van der Waals surface area contributed by atoms with Crippen LogP contribution < -0.4 is 10.0 Å². The van der Waals surface area contributed by atoms with Gasteiger partial charge >= 0.3 is 0 Å². The Morgan fingerprint density at radius 1 is 1.43 bits per heavy atom. The number of aliphatic hydroxyl groups is 1. The highest BCUT2D eigenvalue weighted by molar-refractivity contribution is 7.77. The Balaban J connectivity index is 2.26. The Morgan fingerprint density at radius 2 is 2.13 bits per heavy atom. The average Bonchev–Trinajstić information content (AvgIpc) is 2.54. The fourth-order valence-corrected chi connectivity index (χ4v) is 2.91. The van der Waals surface area contributed by atoms with E-state index in [4.69, 9.17) is 9.84 Å². The summed E-state index contributed by atoms with van der Waals surface area (Å²) < 4.78 is 42.6. The quantitative estimate of drug-likeness (QED) is 0.620. The van der Waals surface area contributed by atoms with Gasteiger partial charge in [-0.15, -0.1) is 0 Å². The molecule has 0 bridgehead atoms. The zero-order chi connectivity index (χ0) is 16.9. The molecular formula is C14H18FN2O5S-. The van der Waals surface area contributed by atoms with Crippen molar-refractivity contribution in [1.82, 2.24) is 10.0 Å². The normalized spacial score (nSPS) is 18.4. The number of halogens is 1. The van der Waals surface area contributed by atoms with E-state index in [1.54, 1.807) is 6.07 Å². The van der Waals surface area contributed by atoms with E-state index < -0.39 is 35.1 Å². The summed E-state index contributed by atoms with van der Waals surface area (Å²) in [5.41, 5.74) is -0.0348. The summed E-state index contributed by atoms with van der Waals surface area (Å²) in [5, 5.41) is 11.7. The second-order valence-corrected chi connectivity index (χ2v) is 6.02. The molecule has 23 heavy (non-hydrogen) atoms.